The molecule has 0 fully saturated rings. The van der Waals surface area contributed by atoms with E-state index < -0.39 is 0 Å². The summed E-state index contributed by atoms with van der Waals surface area (Å²) in [7, 11) is 1.69. The summed E-state index contributed by atoms with van der Waals surface area (Å²) in [6.07, 6.45) is 2.21. The molecule has 0 aromatic heterocycles. The standard InChI is InChI=1S/C12H16N2O/c1-9-10(5-3-6-11(9)15-2)14-12-7-4-8-13-12/h3,5-6H,4,7-8H2,1-2H3,(H,13,14). The molecule has 0 unspecified atom stereocenters. The molecule has 1 aliphatic rings. The summed E-state index contributed by atoms with van der Waals surface area (Å²) < 4.78 is 5.27. The van der Waals surface area contributed by atoms with Gasteiger partial charge in [-0.2, -0.15) is 0 Å². The number of nitrogens with one attached hydrogen (secondary N) is 1. The Morgan fingerprint density at radius 3 is 2.93 bits per heavy atom. The first-order chi connectivity index (χ1) is 7.31. The zero-order valence-electron chi connectivity index (χ0n) is 9.21. The molecule has 0 saturated heterocycles. The van der Waals surface area contributed by atoms with Crippen LogP contribution in [-0.2, 0) is 0 Å². The second-order valence-corrected chi connectivity index (χ2v) is 3.69. The lowest BCUT2D eigenvalue weighted by molar-refractivity contribution is 0.412. The van der Waals surface area contributed by atoms with E-state index in [-0.39, 0.29) is 0 Å². The molecule has 0 spiro atoms. The first-order valence-corrected chi connectivity index (χ1v) is 5.25. The van der Waals surface area contributed by atoms with Crippen molar-refractivity contribution in [1.82, 2.24) is 0 Å². The first kappa shape index (κ1) is 10.0. The van der Waals surface area contributed by atoms with Crippen LogP contribution >= 0.6 is 0 Å². The first-order valence-electron chi connectivity index (χ1n) is 5.25. The van der Waals surface area contributed by atoms with E-state index in [1.54, 1.807) is 7.11 Å². The molecule has 0 radical (unpaired) electrons. The highest BCUT2D eigenvalue weighted by Crippen LogP contribution is 2.25. The van der Waals surface area contributed by atoms with E-state index in [1.165, 1.54) is 0 Å². The van der Waals surface area contributed by atoms with Gasteiger partial charge in [0.1, 0.15) is 11.6 Å². The maximum atomic E-state index is 5.27. The van der Waals surface area contributed by atoms with Gasteiger partial charge in [-0.3, -0.25) is 4.99 Å². The van der Waals surface area contributed by atoms with E-state index in [0.717, 1.165) is 42.2 Å². The van der Waals surface area contributed by atoms with Crippen molar-refractivity contribution in [3.8, 4) is 5.75 Å². The van der Waals surface area contributed by atoms with Gasteiger partial charge in [-0.25, -0.2) is 0 Å². The number of methoxy groups -OCH3 is 1. The highest BCUT2D eigenvalue weighted by Gasteiger charge is 2.09. The Balaban J connectivity index is 2.20. The molecular formula is C12H16N2O. The van der Waals surface area contributed by atoms with Crippen LogP contribution in [0.4, 0.5) is 5.69 Å². The van der Waals surface area contributed by atoms with Crippen LogP contribution in [0.15, 0.2) is 23.2 Å². The van der Waals surface area contributed by atoms with Crippen LogP contribution in [-0.4, -0.2) is 19.5 Å². The fourth-order valence-electron chi connectivity index (χ4n) is 1.77. The number of hydrogen-bond acceptors (Lipinski definition) is 3. The van der Waals surface area contributed by atoms with Crippen molar-refractivity contribution in [2.75, 3.05) is 19.0 Å². The van der Waals surface area contributed by atoms with Crippen LogP contribution in [0.1, 0.15) is 18.4 Å². The maximum absolute atomic E-state index is 5.27. The lowest BCUT2D eigenvalue weighted by atomic mass is 10.1. The minimum atomic E-state index is 0.915. The lowest BCUT2D eigenvalue weighted by Gasteiger charge is -2.12. The molecule has 2 rings (SSSR count). The third-order valence-corrected chi connectivity index (χ3v) is 2.66. The average Bonchev–Trinajstić information content (AvgIpc) is 2.74. The summed E-state index contributed by atoms with van der Waals surface area (Å²) in [6.45, 7) is 3.00. The van der Waals surface area contributed by atoms with E-state index in [9.17, 15) is 0 Å². The number of anilines is 1. The summed E-state index contributed by atoms with van der Waals surface area (Å²) in [6, 6.07) is 6.01. The molecule has 1 aromatic rings. The van der Waals surface area contributed by atoms with E-state index in [0.29, 0.717) is 0 Å². The average molecular weight is 204 g/mol. The minimum Gasteiger partial charge on any atom is -0.496 e. The summed E-state index contributed by atoms with van der Waals surface area (Å²) in [4.78, 5) is 4.39. The fourth-order valence-corrected chi connectivity index (χ4v) is 1.77. The van der Waals surface area contributed by atoms with Gasteiger partial charge >= 0.3 is 0 Å². The third-order valence-electron chi connectivity index (χ3n) is 2.66. The zero-order valence-corrected chi connectivity index (χ0v) is 9.21. The highest BCUT2D eigenvalue weighted by atomic mass is 16.5. The Bertz CT molecular complexity index is 385. The van der Waals surface area contributed by atoms with Crippen molar-refractivity contribution < 1.29 is 4.74 Å². The van der Waals surface area contributed by atoms with Gasteiger partial charge < -0.3 is 10.1 Å². The summed E-state index contributed by atoms with van der Waals surface area (Å²) >= 11 is 0. The molecule has 15 heavy (non-hydrogen) atoms. The van der Waals surface area contributed by atoms with E-state index in [1.807, 2.05) is 12.1 Å². The van der Waals surface area contributed by atoms with Crippen molar-refractivity contribution in [3.63, 3.8) is 0 Å². The van der Waals surface area contributed by atoms with Crippen molar-refractivity contribution in [3.05, 3.63) is 23.8 Å². The molecule has 3 heteroatoms. The van der Waals surface area contributed by atoms with Crippen LogP contribution in [0.25, 0.3) is 0 Å². The number of hydrogen-bond donors (Lipinski definition) is 1. The van der Waals surface area contributed by atoms with Gasteiger partial charge in [-0.05, 0) is 25.5 Å². The van der Waals surface area contributed by atoms with Crippen LogP contribution in [0, 0.1) is 6.92 Å². The SMILES string of the molecule is COc1cccc(NC2=NCCC2)c1C. The van der Waals surface area contributed by atoms with Crippen molar-refractivity contribution >= 4 is 11.5 Å². The van der Waals surface area contributed by atoms with Crippen molar-refractivity contribution in [1.29, 1.82) is 0 Å². The number of ether oxygens (including phenoxy) is 1. The van der Waals surface area contributed by atoms with E-state index in [4.69, 9.17) is 4.74 Å². The maximum Gasteiger partial charge on any atom is 0.123 e. The Labute approximate surface area is 90.2 Å². The predicted molar refractivity (Wildman–Crippen MR) is 62.9 cm³/mol. The third kappa shape index (κ3) is 2.12. The molecule has 80 valence electrons. The van der Waals surface area contributed by atoms with Gasteiger partial charge in [0.15, 0.2) is 0 Å². The molecule has 1 N–H and O–H groups in total. The van der Waals surface area contributed by atoms with Gasteiger partial charge in [0.25, 0.3) is 0 Å². The van der Waals surface area contributed by atoms with Gasteiger partial charge in [0.05, 0.1) is 7.11 Å². The highest BCUT2D eigenvalue weighted by molar-refractivity contribution is 5.97. The second-order valence-electron chi connectivity index (χ2n) is 3.69. The van der Waals surface area contributed by atoms with E-state index in [2.05, 4.69) is 23.3 Å². The van der Waals surface area contributed by atoms with Crippen molar-refractivity contribution in [2.45, 2.75) is 19.8 Å². The number of nitrogens with zero attached hydrogens (tertiary/aromatic N) is 1. The summed E-state index contributed by atoms with van der Waals surface area (Å²) in [5, 5.41) is 3.35. The summed E-state index contributed by atoms with van der Waals surface area (Å²) in [5.74, 6) is 2.00. The number of rotatable bonds is 2. The number of benzene rings is 1. The smallest absolute Gasteiger partial charge is 0.123 e. The van der Waals surface area contributed by atoms with Crippen LogP contribution < -0.4 is 10.1 Å². The molecule has 1 aliphatic heterocycles. The predicted octanol–water partition coefficient (Wildman–Crippen LogP) is 2.61. The van der Waals surface area contributed by atoms with Crippen LogP contribution in [0.3, 0.4) is 0 Å². The fraction of sp³-hybridized carbons (Fsp3) is 0.417. The Morgan fingerprint density at radius 1 is 1.40 bits per heavy atom. The number of amidine groups is 1. The molecular weight excluding hydrogens is 188 g/mol. The molecule has 0 atom stereocenters. The molecule has 0 aliphatic carbocycles. The molecule has 3 nitrogen and oxygen atoms in total. The Kier molecular flexibility index (Phi) is 2.90. The van der Waals surface area contributed by atoms with Gasteiger partial charge in [-0.15, -0.1) is 0 Å². The Hall–Kier alpha value is -1.51. The number of aliphatic imine (C=N–C) groups is 1. The molecule has 0 bridgehead atoms. The quantitative estimate of drug-likeness (QED) is 0.803. The molecule has 1 heterocycles. The lowest BCUT2D eigenvalue weighted by Crippen LogP contribution is -2.09. The van der Waals surface area contributed by atoms with Crippen molar-refractivity contribution in [2.24, 2.45) is 4.99 Å². The summed E-state index contributed by atoms with van der Waals surface area (Å²) in [5.41, 5.74) is 2.23. The zero-order chi connectivity index (χ0) is 10.7. The minimum absolute atomic E-state index is 0.915. The molecule has 0 saturated carbocycles. The van der Waals surface area contributed by atoms with Gasteiger partial charge in [0, 0.05) is 24.2 Å². The monoisotopic (exact) mass is 204 g/mol. The second kappa shape index (κ2) is 4.34. The molecule has 0 amide bonds. The van der Waals surface area contributed by atoms with Gasteiger partial charge in [-0.1, -0.05) is 6.07 Å². The topological polar surface area (TPSA) is 33.6 Å². The molecule has 1 aromatic carbocycles. The largest absolute Gasteiger partial charge is 0.496 e. The Morgan fingerprint density at radius 2 is 2.27 bits per heavy atom. The van der Waals surface area contributed by atoms with Crippen LogP contribution in [0.5, 0.6) is 5.75 Å². The van der Waals surface area contributed by atoms with E-state index >= 15 is 0 Å². The van der Waals surface area contributed by atoms with Gasteiger partial charge in [0.2, 0.25) is 0 Å². The normalized spacial score (nSPS) is 14.9. The van der Waals surface area contributed by atoms with Crippen LogP contribution in [0.2, 0.25) is 0 Å².